The number of ketones is 2. The Balaban J connectivity index is 0.785. The van der Waals surface area contributed by atoms with E-state index in [4.69, 9.17) is 4.74 Å². The van der Waals surface area contributed by atoms with Gasteiger partial charge in [0.25, 0.3) is 11.5 Å². The first-order valence-electron chi connectivity index (χ1n) is 24.8. The Hall–Kier alpha value is -6.24. The summed E-state index contributed by atoms with van der Waals surface area (Å²) in [6.45, 7) is 9.76. The number of H-pyrrole nitrogens is 1. The highest BCUT2D eigenvalue weighted by atomic mass is 19.1. The van der Waals surface area contributed by atoms with Crippen LogP contribution in [0.5, 0.6) is 0 Å². The van der Waals surface area contributed by atoms with Gasteiger partial charge in [0.1, 0.15) is 5.82 Å². The molecule has 69 heavy (non-hydrogen) atoms. The van der Waals surface area contributed by atoms with E-state index in [0.717, 1.165) is 57.2 Å². The Morgan fingerprint density at radius 2 is 1.59 bits per heavy atom. The number of esters is 1. The highest BCUT2D eigenvalue weighted by Crippen LogP contribution is 2.72. The summed E-state index contributed by atoms with van der Waals surface area (Å²) < 4.78 is 21.2. The van der Waals surface area contributed by atoms with Crippen molar-refractivity contribution in [1.29, 1.82) is 0 Å². The van der Waals surface area contributed by atoms with Gasteiger partial charge in [-0.05, 0) is 128 Å². The highest BCUT2D eigenvalue weighted by molar-refractivity contribution is 5.95. The fourth-order valence-electron chi connectivity index (χ4n) is 13.3. The number of rotatable bonds is 13. The van der Waals surface area contributed by atoms with Crippen molar-refractivity contribution in [1.82, 2.24) is 20.0 Å². The monoisotopic (exact) mass is 937 g/mol. The summed E-state index contributed by atoms with van der Waals surface area (Å²) in [4.78, 5) is 83.7. The number of halogens is 1. The van der Waals surface area contributed by atoms with Crippen molar-refractivity contribution in [3.8, 4) is 0 Å². The number of piperazine rings is 1. The first kappa shape index (κ1) is 47.8. The molecule has 5 atom stereocenters. The van der Waals surface area contributed by atoms with Gasteiger partial charge in [-0.1, -0.05) is 62.2 Å². The number of aromatic nitrogens is 2. The molecule has 9 rings (SSSR count). The summed E-state index contributed by atoms with van der Waals surface area (Å²) in [6.07, 6.45) is 10.1. The highest BCUT2D eigenvalue weighted by Gasteiger charge is 2.70. The van der Waals surface area contributed by atoms with E-state index in [0.29, 0.717) is 80.3 Å². The molecule has 13 heteroatoms. The Labute approximate surface area is 403 Å². The molecule has 2 amide bonds. The third kappa shape index (κ3) is 8.75. The molecular formula is C56H64FN5O7. The number of carbonyl (C=O) groups is 5. The van der Waals surface area contributed by atoms with E-state index in [2.05, 4.69) is 60.3 Å². The van der Waals surface area contributed by atoms with Gasteiger partial charge in [-0.15, -0.1) is 0 Å². The summed E-state index contributed by atoms with van der Waals surface area (Å²) in [5.74, 6) is -1.13. The molecular weight excluding hydrogens is 874 g/mol. The van der Waals surface area contributed by atoms with Crippen LogP contribution in [-0.4, -0.2) is 94.7 Å². The van der Waals surface area contributed by atoms with Crippen molar-refractivity contribution < 1.29 is 33.1 Å². The molecule has 0 bridgehead atoms. The maximum atomic E-state index is 15.1. The molecule has 4 aromatic rings. The molecule has 1 aliphatic heterocycles. The quantitative estimate of drug-likeness (QED) is 0.103. The number of unbranched alkanes of at least 4 members (excludes halogenated alkanes) is 2. The first-order chi connectivity index (χ1) is 33.0. The Morgan fingerprint density at radius 3 is 2.32 bits per heavy atom. The number of carbonyl (C=O) groups excluding carboxylic acids is 5. The lowest BCUT2D eigenvalue weighted by Crippen LogP contribution is -2.59. The Morgan fingerprint density at radius 1 is 0.870 bits per heavy atom. The zero-order valence-electron chi connectivity index (χ0n) is 40.6. The maximum absolute atomic E-state index is 15.1. The molecule has 362 valence electrons. The average molecular weight is 938 g/mol. The predicted molar refractivity (Wildman–Crippen MR) is 262 cm³/mol. The lowest BCUT2D eigenvalue weighted by molar-refractivity contribution is -0.184. The van der Waals surface area contributed by atoms with E-state index in [9.17, 15) is 28.8 Å². The van der Waals surface area contributed by atoms with Crippen LogP contribution in [0, 0.1) is 22.6 Å². The third-order valence-electron chi connectivity index (χ3n) is 16.8. The number of benzene rings is 3. The van der Waals surface area contributed by atoms with E-state index < -0.39 is 28.7 Å². The predicted octanol–water partition coefficient (Wildman–Crippen LogP) is 8.81. The molecule has 4 aliphatic carbocycles. The molecule has 0 spiro atoms. The van der Waals surface area contributed by atoms with Crippen molar-refractivity contribution in [2.24, 2.45) is 16.7 Å². The molecule has 2 heterocycles. The number of fused-ring (bicyclic) bond motifs is 5. The molecule has 2 saturated carbocycles. The van der Waals surface area contributed by atoms with Gasteiger partial charge >= 0.3 is 5.97 Å². The summed E-state index contributed by atoms with van der Waals surface area (Å²) in [7, 11) is 2.08. The number of amides is 2. The molecule has 12 nitrogen and oxygen atoms in total. The van der Waals surface area contributed by atoms with Gasteiger partial charge in [-0.3, -0.25) is 28.8 Å². The van der Waals surface area contributed by atoms with Crippen molar-refractivity contribution in [3.63, 3.8) is 0 Å². The number of nitrogens with zero attached hydrogens (tertiary/aromatic N) is 4. The third-order valence-corrected chi connectivity index (χ3v) is 16.8. The van der Waals surface area contributed by atoms with Gasteiger partial charge in [0.05, 0.1) is 16.6 Å². The van der Waals surface area contributed by atoms with Crippen LogP contribution >= 0.6 is 0 Å². The van der Waals surface area contributed by atoms with Crippen LogP contribution in [0.4, 0.5) is 10.1 Å². The van der Waals surface area contributed by atoms with Crippen LogP contribution in [-0.2, 0) is 30.3 Å². The molecule has 1 N–H and O–H groups in total. The number of nitrogens with one attached hydrogen (secondary N) is 1. The van der Waals surface area contributed by atoms with E-state index in [1.54, 1.807) is 41.0 Å². The van der Waals surface area contributed by atoms with Crippen LogP contribution in [0.3, 0.4) is 0 Å². The topological polar surface area (TPSA) is 150 Å². The largest absolute Gasteiger partial charge is 0.451 e. The number of aromatic amines is 1. The van der Waals surface area contributed by atoms with Crippen molar-refractivity contribution >= 4 is 45.8 Å². The number of anilines is 1. The maximum Gasteiger partial charge on any atom is 0.303 e. The second-order valence-electron chi connectivity index (χ2n) is 20.7. The standard InChI is InChI=1S/C56H64FN5O7/c1-35(63)56(69-36(2)64)25-23-49-54(3)24-22-39-33-41(65)19-20-42(39)51(54)46(34-55(49,56)4)38-15-17-40(18-16-38)60(5)26-10-6-7-13-50(66)61-27-29-62(30-28-61)53(68)45-31-37(14-21-47(45)57)32-48-43-11-8-9-12-44(43)52(67)59-58-48/h8-9,11-12,14-18,21,31,33,46,49H,6-7,10,13,19-20,22-30,32,34H2,1-5H3,(H,59,67)/t46-,49+,54?,55+,56+/m1/s1. The lowest BCUT2D eigenvalue weighted by Gasteiger charge is -2.59. The van der Waals surface area contributed by atoms with Crippen LogP contribution < -0.4 is 10.5 Å². The number of allylic oxidation sites excluding steroid dienone is 4. The molecule has 1 unspecified atom stereocenters. The molecule has 0 radical (unpaired) electrons. The lowest BCUT2D eigenvalue weighted by atomic mass is 9.45. The molecule has 3 fully saturated rings. The summed E-state index contributed by atoms with van der Waals surface area (Å²) in [6, 6.07) is 20.4. The van der Waals surface area contributed by atoms with Gasteiger partial charge < -0.3 is 19.4 Å². The summed E-state index contributed by atoms with van der Waals surface area (Å²) >= 11 is 0. The zero-order valence-corrected chi connectivity index (χ0v) is 40.6. The number of Topliss-reactive ketones (excluding diaryl/α,β-unsaturated/α-hetero) is 1. The molecule has 5 aliphatic rings. The van der Waals surface area contributed by atoms with E-state index in [-0.39, 0.29) is 45.8 Å². The molecule has 3 aromatic carbocycles. The Kier molecular flexibility index (Phi) is 13.1. The van der Waals surface area contributed by atoms with E-state index >= 15 is 4.39 Å². The van der Waals surface area contributed by atoms with Gasteiger partial charge in [-0.25, -0.2) is 9.49 Å². The second-order valence-corrected chi connectivity index (χ2v) is 20.7. The zero-order chi connectivity index (χ0) is 48.8. The second kappa shape index (κ2) is 18.9. The normalized spacial score (nSPS) is 25.4. The Bertz CT molecular complexity index is 2840. The molecule has 1 aromatic heterocycles. The van der Waals surface area contributed by atoms with Crippen LogP contribution in [0.25, 0.3) is 10.8 Å². The van der Waals surface area contributed by atoms with Gasteiger partial charge in [0, 0.05) is 88.4 Å². The number of hydrogen-bond acceptors (Lipinski definition) is 9. The van der Waals surface area contributed by atoms with E-state index in [1.807, 2.05) is 18.2 Å². The fourth-order valence-corrected chi connectivity index (χ4v) is 13.3. The minimum Gasteiger partial charge on any atom is -0.451 e. The van der Waals surface area contributed by atoms with Crippen molar-refractivity contribution in [2.75, 3.05) is 44.7 Å². The number of ether oxygens (including phenoxy) is 1. The summed E-state index contributed by atoms with van der Waals surface area (Å²) in [5, 5.41) is 7.98. The van der Waals surface area contributed by atoms with Crippen molar-refractivity contribution in [2.45, 2.75) is 116 Å². The SMILES string of the molecule is CC(=O)O[C@]1(C(C)=O)CC[C@H]2C3(C)CCC4=CC(=O)CCC4=C3[C@@H](c3ccc(N(C)CCCCCC(=O)N4CCN(C(=O)c5cc(Cc6n[nH]c(=O)c7ccccc67)ccc5F)CC4)cc3)C[C@@]21C. The van der Waals surface area contributed by atoms with Crippen LogP contribution in [0.1, 0.15) is 131 Å². The minimum atomic E-state index is -1.18. The van der Waals surface area contributed by atoms with Gasteiger partial charge in [0.2, 0.25) is 5.91 Å². The van der Waals surface area contributed by atoms with Gasteiger partial charge in [-0.2, -0.15) is 5.10 Å². The average Bonchev–Trinajstić information content (AvgIpc) is 3.64. The van der Waals surface area contributed by atoms with Crippen molar-refractivity contribution in [3.05, 3.63) is 128 Å². The van der Waals surface area contributed by atoms with Crippen LogP contribution in [0.2, 0.25) is 0 Å². The van der Waals surface area contributed by atoms with E-state index in [1.165, 1.54) is 35.3 Å². The smallest absolute Gasteiger partial charge is 0.303 e. The van der Waals surface area contributed by atoms with Gasteiger partial charge in [0.15, 0.2) is 17.2 Å². The summed E-state index contributed by atoms with van der Waals surface area (Å²) in [5.41, 5.74) is 5.19. The molecule has 1 saturated heterocycles. The number of hydrogen-bond donors (Lipinski definition) is 1. The fraction of sp³-hybridized carbons (Fsp3) is 0.482. The minimum absolute atomic E-state index is 0.00337. The van der Waals surface area contributed by atoms with Crippen LogP contribution in [0.15, 0.2) is 94.3 Å². The first-order valence-corrected chi connectivity index (χ1v) is 24.8.